The number of nitrogens with two attached hydrogens (primary N) is 1. The molecule has 0 aromatic carbocycles. The predicted octanol–water partition coefficient (Wildman–Crippen LogP) is -1.13. The van der Waals surface area contributed by atoms with Crippen molar-refractivity contribution >= 4 is 23.7 Å². The summed E-state index contributed by atoms with van der Waals surface area (Å²) in [6, 6.07) is -2.22. The van der Waals surface area contributed by atoms with Gasteiger partial charge in [0.1, 0.15) is 24.3 Å². The van der Waals surface area contributed by atoms with E-state index < -0.39 is 47.8 Å². The van der Waals surface area contributed by atoms with Gasteiger partial charge in [-0.15, -0.1) is 0 Å². The van der Waals surface area contributed by atoms with Crippen LogP contribution in [0.1, 0.15) is 34.1 Å². The molecule has 0 aliphatic rings. The van der Waals surface area contributed by atoms with E-state index in [1.807, 2.05) is 0 Å². The maximum Gasteiger partial charge on any atom is 0.329 e. The molecule has 11 nitrogen and oxygen atoms in total. The molecule has 11 heteroatoms. The van der Waals surface area contributed by atoms with Gasteiger partial charge in [-0.05, 0) is 27.7 Å². The van der Waals surface area contributed by atoms with E-state index in [1.54, 1.807) is 27.9 Å². The predicted molar refractivity (Wildman–Crippen MR) is 103 cm³/mol. The van der Waals surface area contributed by atoms with Gasteiger partial charge in [-0.2, -0.15) is 0 Å². The number of hydrogen-bond acceptors (Lipinski definition) is 8. The van der Waals surface area contributed by atoms with Gasteiger partial charge in [-0.25, -0.2) is 4.79 Å². The number of ether oxygens (including phenoxy) is 4. The van der Waals surface area contributed by atoms with Gasteiger partial charge in [0.05, 0.1) is 32.8 Å². The lowest BCUT2D eigenvalue weighted by Gasteiger charge is -2.25. The summed E-state index contributed by atoms with van der Waals surface area (Å²) in [4.78, 5) is 47.5. The number of nitrogens with one attached hydrogen (secondary N) is 2. The highest BCUT2D eigenvalue weighted by molar-refractivity contribution is 5.92. The first-order valence-corrected chi connectivity index (χ1v) is 9.21. The smallest absolute Gasteiger partial charge is 0.329 e. The molecule has 2 atom stereocenters. The van der Waals surface area contributed by atoms with Gasteiger partial charge in [-0.3, -0.25) is 14.4 Å². The van der Waals surface area contributed by atoms with Crippen LogP contribution < -0.4 is 16.4 Å². The van der Waals surface area contributed by atoms with E-state index in [-0.39, 0.29) is 13.2 Å². The molecule has 2 unspecified atom stereocenters. The van der Waals surface area contributed by atoms with Crippen LogP contribution in [0.3, 0.4) is 0 Å². The normalized spacial score (nSPS) is 13.3. The minimum absolute atomic E-state index is 0.205. The molecule has 0 bridgehead atoms. The fourth-order valence-corrected chi connectivity index (χ4v) is 1.94. The first-order chi connectivity index (χ1) is 13.5. The second kappa shape index (κ2) is 13.9. The topological polar surface area (TPSA) is 155 Å². The van der Waals surface area contributed by atoms with Crippen molar-refractivity contribution < 1.29 is 38.1 Å². The van der Waals surface area contributed by atoms with Gasteiger partial charge in [0.2, 0.25) is 17.7 Å². The number of hydrogen-bond donors (Lipinski definition) is 3. The minimum atomic E-state index is -1.25. The van der Waals surface area contributed by atoms with Crippen molar-refractivity contribution in [1.29, 1.82) is 0 Å². The molecule has 0 aliphatic carbocycles. The lowest BCUT2D eigenvalue weighted by atomic mass is 10.1. The number of amides is 3. The van der Waals surface area contributed by atoms with Gasteiger partial charge in [0.15, 0.2) is 0 Å². The molecule has 0 aromatic rings. The Morgan fingerprint density at radius 3 is 2.10 bits per heavy atom. The largest absolute Gasteiger partial charge is 0.458 e. The highest BCUT2D eigenvalue weighted by atomic mass is 16.6. The van der Waals surface area contributed by atoms with Crippen LogP contribution in [0.4, 0.5) is 0 Å². The molecular weight excluding hydrogens is 386 g/mol. The lowest BCUT2D eigenvalue weighted by molar-refractivity contribution is -0.159. The highest BCUT2D eigenvalue weighted by Crippen LogP contribution is 2.10. The molecule has 0 aliphatic heterocycles. The van der Waals surface area contributed by atoms with Crippen molar-refractivity contribution in [2.45, 2.75) is 51.8 Å². The molecule has 0 radical (unpaired) electrons. The Balaban J connectivity index is 4.42. The minimum Gasteiger partial charge on any atom is -0.458 e. The average Bonchev–Trinajstić information content (AvgIpc) is 2.58. The molecule has 0 aromatic heterocycles. The highest BCUT2D eigenvalue weighted by Gasteiger charge is 2.29. The van der Waals surface area contributed by atoms with Crippen molar-refractivity contribution in [3.05, 3.63) is 0 Å². The number of methoxy groups -OCH3 is 1. The van der Waals surface area contributed by atoms with Crippen LogP contribution in [0.15, 0.2) is 0 Å². The second-order valence-corrected chi connectivity index (χ2v) is 7.21. The van der Waals surface area contributed by atoms with E-state index in [4.69, 9.17) is 24.7 Å². The van der Waals surface area contributed by atoms with Crippen molar-refractivity contribution in [2.75, 3.05) is 40.1 Å². The zero-order chi connectivity index (χ0) is 22.4. The molecule has 3 amide bonds. The van der Waals surface area contributed by atoms with Crippen LogP contribution in [0.5, 0.6) is 0 Å². The lowest BCUT2D eigenvalue weighted by Crippen LogP contribution is -2.52. The Morgan fingerprint density at radius 2 is 1.55 bits per heavy atom. The number of esters is 1. The zero-order valence-corrected chi connectivity index (χ0v) is 17.7. The molecule has 0 rings (SSSR count). The van der Waals surface area contributed by atoms with Crippen molar-refractivity contribution in [1.82, 2.24) is 10.6 Å². The number of carbonyl (C=O) groups is 4. The Morgan fingerprint density at radius 1 is 0.966 bits per heavy atom. The van der Waals surface area contributed by atoms with Crippen LogP contribution in [0.25, 0.3) is 0 Å². The first-order valence-electron chi connectivity index (χ1n) is 9.21. The Bertz CT molecular complexity index is 548. The zero-order valence-electron chi connectivity index (χ0n) is 17.7. The van der Waals surface area contributed by atoms with Gasteiger partial charge >= 0.3 is 5.97 Å². The number of carbonyl (C=O) groups excluding carboxylic acids is 4. The average molecular weight is 419 g/mol. The summed E-state index contributed by atoms with van der Waals surface area (Å²) in [7, 11) is 1.56. The van der Waals surface area contributed by atoms with E-state index in [1.165, 1.54) is 6.92 Å². The second-order valence-electron chi connectivity index (χ2n) is 7.21. The summed E-state index contributed by atoms with van der Waals surface area (Å²) >= 11 is 0. The Labute approximate surface area is 170 Å². The van der Waals surface area contributed by atoms with Gasteiger partial charge in [0, 0.05) is 7.11 Å². The molecule has 0 fully saturated rings. The van der Waals surface area contributed by atoms with E-state index in [2.05, 4.69) is 10.6 Å². The Kier molecular flexibility index (Phi) is 12.8. The van der Waals surface area contributed by atoms with Crippen molar-refractivity contribution in [3.8, 4) is 0 Å². The van der Waals surface area contributed by atoms with E-state index in [0.717, 1.165) is 0 Å². The monoisotopic (exact) mass is 419 g/mol. The standard InChI is InChI=1S/C18H33N3O8/c1-12(20-15(23)11-28-9-8-27-7-6-26-5)16(24)21-13(10-14(19)22)17(25)29-18(2,3)4/h12-13H,6-11H2,1-5H3,(H2,19,22)(H,20,23)(H,21,24). The number of rotatable bonds is 14. The molecule has 0 saturated carbocycles. The fourth-order valence-electron chi connectivity index (χ4n) is 1.94. The molecule has 0 saturated heterocycles. The summed E-state index contributed by atoms with van der Waals surface area (Å²) in [5, 5.41) is 4.80. The quantitative estimate of drug-likeness (QED) is 0.236. The van der Waals surface area contributed by atoms with E-state index >= 15 is 0 Å². The van der Waals surface area contributed by atoms with Crippen LogP contribution >= 0.6 is 0 Å². The van der Waals surface area contributed by atoms with Crippen molar-refractivity contribution in [2.24, 2.45) is 5.73 Å². The molecule has 0 spiro atoms. The Hall–Kier alpha value is -2.24. The van der Waals surface area contributed by atoms with Crippen LogP contribution in [-0.2, 0) is 38.1 Å². The summed E-state index contributed by atoms with van der Waals surface area (Å²) in [6.07, 6.45) is -0.423. The summed E-state index contributed by atoms with van der Waals surface area (Å²) in [5.74, 6) is -2.76. The van der Waals surface area contributed by atoms with E-state index in [9.17, 15) is 19.2 Å². The maximum absolute atomic E-state index is 12.3. The summed E-state index contributed by atoms with van der Waals surface area (Å²) in [5.41, 5.74) is 4.33. The van der Waals surface area contributed by atoms with Crippen LogP contribution in [-0.4, -0.2) is 81.5 Å². The van der Waals surface area contributed by atoms with Gasteiger partial charge < -0.3 is 35.3 Å². The third-order valence-corrected chi connectivity index (χ3v) is 3.22. The molecule has 0 heterocycles. The maximum atomic E-state index is 12.3. The first kappa shape index (κ1) is 26.8. The third-order valence-electron chi connectivity index (χ3n) is 3.22. The fraction of sp³-hybridized carbons (Fsp3) is 0.778. The van der Waals surface area contributed by atoms with E-state index in [0.29, 0.717) is 19.8 Å². The molecule has 4 N–H and O–H groups in total. The van der Waals surface area contributed by atoms with Crippen LogP contribution in [0.2, 0.25) is 0 Å². The molecular formula is C18H33N3O8. The third kappa shape index (κ3) is 14.4. The van der Waals surface area contributed by atoms with Gasteiger partial charge in [-0.1, -0.05) is 0 Å². The molecule has 168 valence electrons. The SMILES string of the molecule is COCCOCCOCC(=O)NC(C)C(=O)NC(CC(N)=O)C(=O)OC(C)(C)C. The van der Waals surface area contributed by atoms with Gasteiger partial charge in [0.25, 0.3) is 0 Å². The summed E-state index contributed by atoms with van der Waals surface area (Å²) < 4.78 is 20.3. The summed E-state index contributed by atoms with van der Waals surface area (Å²) in [6.45, 7) is 7.52. The number of primary amides is 1. The van der Waals surface area contributed by atoms with Crippen LogP contribution in [0, 0.1) is 0 Å². The molecule has 29 heavy (non-hydrogen) atoms. The van der Waals surface area contributed by atoms with Crippen molar-refractivity contribution in [3.63, 3.8) is 0 Å².